The molecule has 1 unspecified atom stereocenters. The fourth-order valence-electron chi connectivity index (χ4n) is 3.15. The van der Waals surface area contributed by atoms with Crippen LogP contribution >= 0.6 is 0 Å². The first kappa shape index (κ1) is 16.0. The maximum absolute atomic E-state index is 9.18. The molecule has 1 aliphatic rings. The summed E-state index contributed by atoms with van der Waals surface area (Å²) in [6.45, 7) is 9.65. The number of anilines is 2. The monoisotopic (exact) mass is 292 g/mol. The standard InChI is InChI=1S/C16H28N4O/c1-4-17-15-14(12(2)3)16(19-11-18-15)20-8-5-6-13(10-20)7-9-21/h11-13,21H,4-10H2,1-3H3,(H,17,18,19). The molecular formula is C16H28N4O. The van der Waals surface area contributed by atoms with Gasteiger partial charge in [-0.25, -0.2) is 9.97 Å². The lowest BCUT2D eigenvalue weighted by Crippen LogP contribution is -2.37. The molecule has 1 atom stereocenters. The van der Waals surface area contributed by atoms with Crippen LogP contribution in [0.2, 0.25) is 0 Å². The smallest absolute Gasteiger partial charge is 0.137 e. The quantitative estimate of drug-likeness (QED) is 0.844. The number of hydrogen-bond donors (Lipinski definition) is 2. The number of rotatable bonds is 6. The van der Waals surface area contributed by atoms with Crippen LogP contribution in [0.3, 0.4) is 0 Å². The predicted molar refractivity (Wildman–Crippen MR) is 86.9 cm³/mol. The summed E-state index contributed by atoms with van der Waals surface area (Å²) in [5, 5.41) is 12.5. The maximum Gasteiger partial charge on any atom is 0.137 e. The number of nitrogens with one attached hydrogen (secondary N) is 1. The highest BCUT2D eigenvalue weighted by Gasteiger charge is 2.25. The summed E-state index contributed by atoms with van der Waals surface area (Å²) in [5.41, 5.74) is 1.21. The van der Waals surface area contributed by atoms with Crippen LogP contribution in [0.5, 0.6) is 0 Å². The molecule has 0 spiro atoms. The molecule has 1 saturated heterocycles. The molecule has 1 aromatic rings. The highest BCUT2D eigenvalue weighted by Crippen LogP contribution is 2.33. The number of hydrogen-bond acceptors (Lipinski definition) is 5. The zero-order valence-corrected chi connectivity index (χ0v) is 13.5. The molecule has 0 aromatic carbocycles. The zero-order valence-electron chi connectivity index (χ0n) is 13.5. The van der Waals surface area contributed by atoms with E-state index in [1.807, 2.05) is 0 Å². The molecule has 21 heavy (non-hydrogen) atoms. The van der Waals surface area contributed by atoms with E-state index in [0.29, 0.717) is 11.8 Å². The van der Waals surface area contributed by atoms with Crippen LogP contribution in [-0.4, -0.2) is 41.3 Å². The third-order valence-corrected chi connectivity index (χ3v) is 4.14. The Morgan fingerprint density at radius 3 is 2.90 bits per heavy atom. The van der Waals surface area contributed by atoms with Gasteiger partial charge in [0.1, 0.15) is 18.0 Å². The maximum atomic E-state index is 9.18. The van der Waals surface area contributed by atoms with Crippen molar-refractivity contribution in [1.82, 2.24) is 9.97 Å². The van der Waals surface area contributed by atoms with Crippen molar-refractivity contribution in [1.29, 1.82) is 0 Å². The van der Waals surface area contributed by atoms with Gasteiger partial charge in [-0.15, -0.1) is 0 Å². The van der Waals surface area contributed by atoms with Crippen molar-refractivity contribution in [3.05, 3.63) is 11.9 Å². The highest BCUT2D eigenvalue weighted by molar-refractivity contribution is 5.60. The fourth-order valence-corrected chi connectivity index (χ4v) is 3.15. The van der Waals surface area contributed by atoms with Crippen molar-refractivity contribution >= 4 is 11.6 Å². The summed E-state index contributed by atoms with van der Waals surface area (Å²) in [5.74, 6) is 2.98. The minimum atomic E-state index is 0.280. The first-order chi connectivity index (χ1) is 10.2. The van der Waals surface area contributed by atoms with Crippen molar-refractivity contribution in [2.75, 3.05) is 36.5 Å². The average molecular weight is 292 g/mol. The van der Waals surface area contributed by atoms with Crippen LogP contribution in [0.15, 0.2) is 6.33 Å². The summed E-state index contributed by atoms with van der Waals surface area (Å²) in [4.78, 5) is 11.4. The normalized spacial score (nSPS) is 19.1. The van der Waals surface area contributed by atoms with Crippen molar-refractivity contribution in [2.45, 2.75) is 46.0 Å². The van der Waals surface area contributed by atoms with Gasteiger partial charge in [-0.2, -0.15) is 0 Å². The lowest BCUT2D eigenvalue weighted by molar-refractivity contribution is 0.244. The van der Waals surface area contributed by atoms with Gasteiger partial charge in [0, 0.05) is 31.8 Å². The van der Waals surface area contributed by atoms with E-state index in [1.54, 1.807) is 6.33 Å². The Bertz CT molecular complexity index is 448. The zero-order chi connectivity index (χ0) is 15.2. The number of aromatic nitrogens is 2. The average Bonchev–Trinajstić information content (AvgIpc) is 2.48. The summed E-state index contributed by atoms with van der Waals surface area (Å²) in [6, 6.07) is 0. The Morgan fingerprint density at radius 1 is 1.43 bits per heavy atom. The third kappa shape index (κ3) is 3.84. The first-order valence-electron chi connectivity index (χ1n) is 8.11. The molecular weight excluding hydrogens is 264 g/mol. The molecule has 2 N–H and O–H groups in total. The van der Waals surface area contributed by atoms with Gasteiger partial charge in [0.2, 0.25) is 0 Å². The predicted octanol–water partition coefficient (Wildman–Crippen LogP) is 2.63. The molecule has 5 heteroatoms. The first-order valence-corrected chi connectivity index (χ1v) is 8.11. The number of aliphatic hydroxyl groups excluding tert-OH is 1. The summed E-state index contributed by atoms with van der Waals surface area (Å²) in [6.07, 6.45) is 4.93. The van der Waals surface area contributed by atoms with E-state index in [0.717, 1.165) is 37.7 Å². The minimum Gasteiger partial charge on any atom is -0.396 e. The van der Waals surface area contributed by atoms with Gasteiger partial charge in [0.05, 0.1) is 0 Å². The van der Waals surface area contributed by atoms with Crippen molar-refractivity contribution in [2.24, 2.45) is 5.92 Å². The highest BCUT2D eigenvalue weighted by atomic mass is 16.3. The van der Waals surface area contributed by atoms with E-state index in [1.165, 1.54) is 18.4 Å². The van der Waals surface area contributed by atoms with Crippen molar-refractivity contribution < 1.29 is 5.11 Å². The molecule has 0 radical (unpaired) electrons. The molecule has 118 valence electrons. The summed E-state index contributed by atoms with van der Waals surface area (Å²) < 4.78 is 0. The van der Waals surface area contributed by atoms with Gasteiger partial charge >= 0.3 is 0 Å². The van der Waals surface area contributed by atoms with Crippen LogP contribution in [-0.2, 0) is 0 Å². The third-order valence-electron chi connectivity index (χ3n) is 4.14. The van der Waals surface area contributed by atoms with E-state index >= 15 is 0 Å². The fraction of sp³-hybridized carbons (Fsp3) is 0.750. The van der Waals surface area contributed by atoms with Crippen LogP contribution in [0, 0.1) is 5.92 Å². The van der Waals surface area contributed by atoms with Gasteiger partial charge in [-0.1, -0.05) is 13.8 Å². The number of aliphatic hydroxyl groups is 1. The second-order valence-corrected chi connectivity index (χ2v) is 6.11. The van der Waals surface area contributed by atoms with E-state index in [4.69, 9.17) is 0 Å². The molecule has 0 saturated carbocycles. The number of piperidine rings is 1. The van der Waals surface area contributed by atoms with Gasteiger partial charge in [-0.05, 0) is 38.0 Å². The molecule has 2 heterocycles. The Labute approximate surface area is 127 Å². The van der Waals surface area contributed by atoms with E-state index in [2.05, 4.69) is 41.0 Å². The molecule has 0 amide bonds. The Kier molecular flexibility index (Phi) is 5.79. The van der Waals surface area contributed by atoms with E-state index in [-0.39, 0.29) is 6.61 Å². The lowest BCUT2D eigenvalue weighted by Gasteiger charge is -2.35. The molecule has 1 aromatic heterocycles. The second kappa shape index (κ2) is 7.59. The Hall–Kier alpha value is -1.36. The Morgan fingerprint density at radius 2 is 2.24 bits per heavy atom. The van der Waals surface area contributed by atoms with Crippen LogP contribution in [0.4, 0.5) is 11.6 Å². The summed E-state index contributed by atoms with van der Waals surface area (Å²) in [7, 11) is 0. The van der Waals surface area contributed by atoms with Crippen molar-refractivity contribution in [3.8, 4) is 0 Å². The van der Waals surface area contributed by atoms with Gasteiger partial charge in [0.15, 0.2) is 0 Å². The largest absolute Gasteiger partial charge is 0.396 e. The lowest BCUT2D eigenvalue weighted by atomic mass is 9.94. The molecule has 2 rings (SSSR count). The van der Waals surface area contributed by atoms with Crippen LogP contribution < -0.4 is 10.2 Å². The molecule has 0 bridgehead atoms. The Balaban J connectivity index is 2.27. The van der Waals surface area contributed by atoms with Gasteiger partial charge in [0.25, 0.3) is 0 Å². The van der Waals surface area contributed by atoms with Gasteiger partial charge < -0.3 is 15.3 Å². The van der Waals surface area contributed by atoms with E-state index in [9.17, 15) is 5.11 Å². The molecule has 0 aliphatic carbocycles. The minimum absolute atomic E-state index is 0.280. The molecule has 1 fully saturated rings. The molecule has 5 nitrogen and oxygen atoms in total. The van der Waals surface area contributed by atoms with Crippen molar-refractivity contribution in [3.63, 3.8) is 0 Å². The topological polar surface area (TPSA) is 61.3 Å². The van der Waals surface area contributed by atoms with E-state index < -0.39 is 0 Å². The second-order valence-electron chi connectivity index (χ2n) is 6.11. The SMILES string of the molecule is CCNc1ncnc(N2CCCC(CCO)C2)c1C(C)C. The van der Waals surface area contributed by atoms with Crippen LogP contribution in [0.25, 0.3) is 0 Å². The number of nitrogens with zero attached hydrogens (tertiary/aromatic N) is 3. The van der Waals surface area contributed by atoms with Crippen LogP contribution in [0.1, 0.15) is 51.5 Å². The molecule has 1 aliphatic heterocycles. The summed E-state index contributed by atoms with van der Waals surface area (Å²) >= 11 is 0. The van der Waals surface area contributed by atoms with Gasteiger partial charge in [-0.3, -0.25) is 0 Å².